The highest BCUT2D eigenvalue weighted by Crippen LogP contribution is 2.40. The highest BCUT2D eigenvalue weighted by molar-refractivity contribution is 9.10. The summed E-state index contributed by atoms with van der Waals surface area (Å²) in [6.07, 6.45) is 1.59. The zero-order valence-corrected chi connectivity index (χ0v) is 23.2. The van der Waals surface area contributed by atoms with Crippen LogP contribution in [-0.2, 0) is 17.9 Å². The van der Waals surface area contributed by atoms with Crippen LogP contribution in [0, 0.1) is 5.82 Å². The van der Waals surface area contributed by atoms with Crippen LogP contribution in [0.25, 0.3) is 6.08 Å². The van der Waals surface area contributed by atoms with Gasteiger partial charge < -0.3 is 9.47 Å². The van der Waals surface area contributed by atoms with E-state index < -0.39 is 17.0 Å². The Balaban J connectivity index is 1.54. The largest absolute Gasteiger partial charge is 0.493 e. The van der Waals surface area contributed by atoms with Crippen molar-refractivity contribution in [2.24, 2.45) is 0 Å². The average molecular weight is 632 g/mol. The van der Waals surface area contributed by atoms with Gasteiger partial charge in [0, 0.05) is 20.6 Å². The second-order valence-corrected chi connectivity index (χ2v) is 10.7. The smallest absolute Gasteiger partial charge is 0.293 e. The molecule has 0 aliphatic carbocycles. The fourth-order valence-corrected chi connectivity index (χ4v) is 5.46. The molecule has 36 heavy (non-hydrogen) atoms. The van der Waals surface area contributed by atoms with Crippen LogP contribution in [0.2, 0.25) is 15.1 Å². The van der Waals surface area contributed by atoms with Crippen molar-refractivity contribution in [1.29, 1.82) is 0 Å². The summed E-state index contributed by atoms with van der Waals surface area (Å²) in [4.78, 5) is 26.7. The number of ether oxygens (including phenoxy) is 2. The molecule has 3 aromatic rings. The molecular weight excluding hydrogens is 616 g/mol. The summed E-state index contributed by atoms with van der Waals surface area (Å²) < 4.78 is 25.3. The lowest BCUT2D eigenvalue weighted by Gasteiger charge is -2.15. The van der Waals surface area contributed by atoms with E-state index >= 15 is 0 Å². The third kappa shape index (κ3) is 6.01. The number of hydrogen-bond acceptors (Lipinski definition) is 5. The third-order valence-electron chi connectivity index (χ3n) is 5.15. The topological polar surface area (TPSA) is 55.8 Å². The maximum Gasteiger partial charge on any atom is 0.293 e. The van der Waals surface area contributed by atoms with E-state index in [0.717, 1.165) is 28.3 Å². The van der Waals surface area contributed by atoms with Gasteiger partial charge in [0.1, 0.15) is 12.4 Å². The first-order chi connectivity index (χ1) is 17.2. The second-order valence-electron chi connectivity index (χ2n) is 7.56. The van der Waals surface area contributed by atoms with Crippen LogP contribution in [0.3, 0.4) is 0 Å². The van der Waals surface area contributed by atoms with E-state index in [9.17, 15) is 14.0 Å². The van der Waals surface area contributed by atoms with Gasteiger partial charge in [0.25, 0.3) is 11.1 Å². The van der Waals surface area contributed by atoms with Crippen molar-refractivity contribution in [3.63, 3.8) is 0 Å². The molecule has 4 rings (SSSR count). The lowest BCUT2D eigenvalue weighted by Crippen LogP contribution is -2.27. The van der Waals surface area contributed by atoms with Gasteiger partial charge in [-0.2, -0.15) is 0 Å². The molecule has 11 heteroatoms. The Morgan fingerprint density at radius 1 is 1.03 bits per heavy atom. The van der Waals surface area contributed by atoms with Gasteiger partial charge in [0.2, 0.25) is 0 Å². The minimum atomic E-state index is -0.499. The molecule has 0 saturated carbocycles. The van der Waals surface area contributed by atoms with Crippen molar-refractivity contribution in [1.82, 2.24) is 4.90 Å². The molecule has 0 bridgehead atoms. The second kappa shape index (κ2) is 11.4. The average Bonchev–Trinajstić information content (AvgIpc) is 3.08. The van der Waals surface area contributed by atoms with Crippen LogP contribution in [0.15, 0.2) is 57.9 Å². The summed E-state index contributed by atoms with van der Waals surface area (Å²) in [5, 5.41) is 0.698. The van der Waals surface area contributed by atoms with E-state index in [2.05, 4.69) is 15.9 Å². The van der Waals surface area contributed by atoms with Gasteiger partial charge in [-0.1, -0.05) is 46.9 Å². The predicted octanol–water partition coefficient (Wildman–Crippen LogP) is 8.37. The minimum absolute atomic E-state index is 0.0613. The van der Waals surface area contributed by atoms with Crippen molar-refractivity contribution in [2.75, 3.05) is 7.11 Å². The molecule has 5 nitrogen and oxygen atoms in total. The molecule has 0 aromatic heterocycles. The van der Waals surface area contributed by atoms with Gasteiger partial charge in [0.05, 0.1) is 23.0 Å². The summed E-state index contributed by atoms with van der Waals surface area (Å²) in [6, 6.07) is 12.4. The van der Waals surface area contributed by atoms with Crippen molar-refractivity contribution in [3.8, 4) is 11.5 Å². The summed E-state index contributed by atoms with van der Waals surface area (Å²) >= 11 is 22.5. The zero-order chi connectivity index (χ0) is 26.0. The van der Waals surface area contributed by atoms with Crippen molar-refractivity contribution < 1.29 is 23.5 Å². The molecule has 0 N–H and O–H groups in total. The van der Waals surface area contributed by atoms with Crippen LogP contribution < -0.4 is 9.47 Å². The molecular formula is C25H16BrCl3FNO4S. The molecule has 0 radical (unpaired) electrons. The summed E-state index contributed by atoms with van der Waals surface area (Å²) in [6.45, 7) is 0.114. The Morgan fingerprint density at radius 2 is 1.75 bits per heavy atom. The first kappa shape index (κ1) is 26.8. The summed E-state index contributed by atoms with van der Waals surface area (Å²) in [5.74, 6) is -0.114. The molecule has 1 heterocycles. The minimum Gasteiger partial charge on any atom is -0.493 e. The van der Waals surface area contributed by atoms with Gasteiger partial charge in [-0.05, 0) is 81.3 Å². The van der Waals surface area contributed by atoms with E-state index in [1.807, 2.05) is 0 Å². The van der Waals surface area contributed by atoms with E-state index in [1.165, 1.54) is 19.2 Å². The lowest BCUT2D eigenvalue weighted by molar-refractivity contribution is -0.123. The van der Waals surface area contributed by atoms with Crippen LogP contribution in [0.1, 0.15) is 16.7 Å². The first-order valence-electron chi connectivity index (χ1n) is 10.3. The lowest BCUT2D eigenvalue weighted by atomic mass is 10.1. The van der Waals surface area contributed by atoms with Crippen LogP contribution in [0.5, 0.6) is 11.5 Å². The fourth-order valence-electron chi connectivity index (χ4n) is 3.36. The van der Waals surface area contributed by atoms with Crippen LogP contribution in [-0.4, -0.2) is 23.2 Å². The van der Waals surface area contributed by atoms with E-state index in [1.54, 1.807) is 36.4 Å². The number of halogens is 5. The number of hydrogen-bond donors (Lipinski definition) is 0. The molecule has 1 fully saturated rings. The number of carbonyl (C=O) groups excluding carboxylic acids is 2. The van der Waals surface area contributed by atoms with Gasteiger partial charge in [-0.3, -0.25) is 14.5 Å². The quantitative estimate of drug-likeness (QED) is 0.245. The van der Waals surface area contributed by atoms with Crippen molar-refractivity contribution in [3.05, 3.63) is 95.5 Å². The summed E-state index contributed by atoms with van der Waals surface area (Å²) in [5.41, 5.74) is 1.82. The number of thioether (sulfide) groups is 1. The molecule has 3 aromatic carbocycles. The van der Waals surface area contributed by atoms with Crippen LogP contribution >= 0.6 is 62.5 Å². The Kier molecular flexibility index (Phi) is 8.52. The van der Waals surface area contributed by atoms with Crippen molar-refractivity contribution >= 4 is 79.7 Å². The molecule has 1 aliphatic rings. The zero-order valence-electron chi connectivity index (χ0n) is 18.5. The molecule has 1 aliphatic heterocycles. The monoisotopic (exact) mass is 629 g/mol. The number of rotatable bonds is 7. The van der Waals surface area contributed by atoms with Gasteiger partial charge in [-0.15, -0.1) is 0 Å². The van der Waals surface area contributed by atoms with Gasteiger partial charge in [-0.25, -0.2) is 4.39 Å². The van der Waals surface area contributed by atoms with E-state index in [0.29, 0.717) is 37.1 Å². The maximum absolute atomic E-state index is 13.3. The fraction of sp³-hybridized carbons (Fsp3) is 0.120. The molecule has 186 valence electrons. The third-order valence-corrected chi connectivity index (χ3v) is 7.59. The first-order valence-corrected chi connectivity index (χ1v) is 13.0. The normalized spacial score (nSPS) is 14.6. The number of benzene rings is 3. The summed E-state index contributed by atoms with van der Waals surface area (Å²) in [7, 11) is 1.49. The van der Waals surface area contributed by atoms with Crippen molar-refractivity contribution in [2.45, 2.75) is 13.2 Å². The number of nitrogens with zero attached hydrogens (tertiary/aromatic N) is 1. The Labute approximate surface area is 234 Å². The SMILES string of the molecule is COc1cc(/C=C2\SC(=O)N(Cc3ccc(F)cc3Cl)C2=O)cc(Br)c1OCc1ccc(Cl)cc1Cl. The van der Waals surface area contributed by atoms with E-state index in [-0.39, 0.29) is 23.1 Å². The standard InChI is InChI=1S/C25H16BrCl3FNO4S/c1-34-21-7-13(6-18(26)23(21)35-12-15-2-4-16(27)9-19(15)28)8-22-24(32)31(25(33)36-22)11-14-3-5-17(30)10-20(14)29/h2-10H,11-12H2,1H3/b22-8-. The Bertz CT molecular complexity index is 1400. The number of methoxy groups -OCH3 is 1. The molecule has 0 atom stereocenters. The highest BCUT2D eigenvalue weighted by Gasteiger charge is 2.35. The maximum atomic E-state index is 13.3. The number of carbonyl (C=O) groups is 2. The Morgan fingerprint density at radius 3 is 2.44 bits per heavy atom. The van der Waals surface area contributed by atoms with Gasteiger partial charge in [0.15, 0.2) is 11.5 Å². The predicted molar refractivity (Wildman–Crippen MR) is 144 cm³/mol. The van der Waals surface area contributed by atoms with Gasteiger partial charge >= 0.3 is 0 Å². The molecule has 2 amide bonds. The highest BCUT2D eigenvalue weighted by atomic mass is 79.9. The number of imide groups is 1. The molecule has 0 spiro atoms. The molecule has 0 unspecified atom stereocenters. The Hall–Kier alpha value is -2.23. The van der Waals surface area contributed by atoms with E-state index in [4.69, 9.17) is 44.3 Å². The molecule has 1 saturated heterocycles. The van der Waals surface area contributed by atoms with Crippen LogP contribution in [0.4, 0.5) is 9.18 Å². The number of amides is 2.